The number of ether oxygens (including phenoxy) is 1. The van der Waals surface area contributed by atoms with Crippen molar-refractivity contribution in [3.63, 3.8) is 0 Å². The molecule has 8 nitrogen and oxygen atoms in total. The first kappa shape index (κ1) is 20.6. The lowest BCUT2D eigenvalue weighted by Gasteiger charge is -2.31. The lowest BCUT2D eigenvalue weighted by atomic mass is 9.97. The van der Waals surface area contributed by atoms with Gasteiger partial charge in [-0.3, -0.25) is 14.9 Å². The number of amides is 2. The van der Waals surface area contributed by atoms with Crippen molar-refractivity contribution >= 4 is 29.3 Å². The van der Waals surface area contributed by atoms with E-state index < -0.39 is 10.8 Å². The molecule has 2 aromatic carbocycles. The Morgan fingerprint density at radius 3 is 2.52 bits per heavy atom. The van der Waals surface area contributed by atoms with Crippen LogP contribution in [-0.4, -0.2) is 41.5 Å². The van der Waals surface area contributed by atoms with Crippen LogP contribution < -0.4 is 10.1 Å². The number of halogens is 1. The van der Waals surface area contributed by atoms with Crippen LogP contribution in [0.25, 0.3) is 0 Å². The number of hydrogen-bond donors (Lipinski definition) is 1. The van der Waals surface area contributed by atoms with E-state index in [0.717, 1.165) is 0 Å². The molecule has 152 valence electrons. The monoisotopic (exact) mass is 417 g/mol. The zero-order valence-corrected chi connectivity index (χ0v) is 16.3. The van der Waals surface area contributed by atoms with Gasteiger partial charge >= 0.3 is 6.09 Å². The maximum Gasteiger partial charge on any atom is 0.415 e. The van der Waals surface area contributed by atoms with Crippen molar-refractivity contribution in [2.45, 2.75) is 12.8 Å². The van der Waals surface area contributed by atoms with Gasteiger partial charge in [0, 0.05) is 31.8 Å². The molecule has 1 fully saturated rings. The topological polar surface area (TPSA) is 102 Å². The summed E-state index contributed by atoms with van der Waals surface area (Å²) in [6.45, 7) is 1.47. The minimum atomic E-state index is -0.572. The van der Waals surface area contributed by atoms with Crippen LogP contribution in [0.4, 0.5) is 10.5 Å². The maximum atomic E-state index is 12.4. The van der Waals surface area contributed by atoms with Gasteiger partial charge in [-0.25, -0.2) is 4.79 Å². The van der Waals surface area contributed by atoms with Crippen LogP contribution in [-0.2, 0) is 0 Å². The van der Waals surface area contributed by atoms with E-state index in [0.29, 0.717) is 38.2 Å². The maximum absolute atomic E-state index is 12.4. The fourth-order valence-corrected chi connectivity index (χ4v) is 3.31. The molecule has 2 aromatic rings. The highest BCUT2D eigenvalue weighted by molar-refractivity contribution is 6.33. The van der Waals surface area contributed by atoms with Gasteiger partial charge in [-0.1, -0.05) is 29.8 Å². The Hall–Kier alpha value is -3.13. The summed E-state index contributed by atoms with van der Waals surface area (Å²) < 4.78 is 5.34. The van der Waals surface area contributed by atoms with Gasteiger partial charge in [-0.05, 0) is 37.0 Å². The number of nitro benzene ring substituents is 1. The molecule has 0 radical (unpaired) electrons. The number of nitrogens with zero attached hydrogens (tertiary/aromatic N) is 2. The molecule has 1 heterocycles. The second kappa shape index (κ2) is 9.38. The molecule has 29 heavy (non-hydrogen) atoms. The SMILES string of the molecule is O=C(NCC1CCN(C(=O)Oc2ccccc2)CC1)c1cc([N+](=O)[O-])ccc1Cl. The third-order valence-corrected chi connectivity index (χ3v) is 5.11. The van der Waals surface area contributed by atoms with Gasteiger partial charge in [0.05, 0.1) is 15.5 Å². The number of nitrogens with one attached hydrogen (secondary N) is 1. The first-order valence-electron chi connectivity index (χ1n) is 9.18. The number of non-ortho nitro benzene ring substituents is 1. The van der Waals surface area contributed by atoms with Crippen molar-refractivity contribution < 1.29 is 19.2 Å². The summed E-state index contributed by atoms with van der Waals surface area (Å²) in [7, 11) is 0. The smallest absolute Gasteiger partial charge is 0.410 e. The van der Waals surface area contributed by atoms with Crippen molar-refractivity contribution in [1.82, 2.24) is 10.2 Å². The Morgan fingerprint density at radius 2 is 1.86 bits per heavy atom. The average Bonchev–Trinajstić information content (AvgIpc) is 2.73. The number of benzene rings is 2. The van der Waals surface area contributed by atoms with Crippen LogP contribution in [0.15, 0.2) is 48.5 Å². The highest BCUT2D eigenvalue weighted by Crippen LogP contribution is 2.23. The number of hydrogen-bond acceptors (Lipinski definition) is 5. The minimum absolute atomic E-state index is 0.0738. The molecular formula is C20H20ClN3O5. The standard InChI is InChI=1S/C20H20ClN3O5/c21-18-7-6-15(24(27)28)12-17(18)19(25)22-13-14-8-10-23(11-9-14)20(26)29-16-4-2-1-3-5-16/h1-7,12,14H,8-11,13H2,(H,22,25). The molecule has 1 saturated heterocycles. The Balaban J connectivity index is 1.47. The highest BCUT2D eigenvalue weighted by atomic mass is 35.5. The quantitative estimate of drug-likeness (QED) is 0.587. The fourth-order valence-electron chi connectivity index (χ4n) is 3.11. The number of nitro groups is 1. The largest absolute Gasteiger partial charge is 0.415 e. The molecule has 0 aliphatic carbocycles. The Bertz CT molecular complexity index is 898. The lowest BCUT2D eigenvalue weighted by Crippen LogP contribution is -2.42. The third kappa shape index (κ3) is 5.45. The molecule has 0 unspecified atom stereocenters. The van der Waals surface area contributed by atoms with Gasteiger partial charge in [0.15, 0.2) is 0 Å². The van der Waals surface area contributed by atoms with E-state index >= 15 is 0 Å². The van der Waals surface area contributed by atoms with Crippen LogP contribution in [0.5, 0.6) is 5.75 Å². The average molecular weight is 418 g/mol. The number of carbonyl (C=O) groups is 2. The van der Waals surface area contributed by atoms with E-state index in [4.69, 9.17) is 16.3 Å². The number of likely N-dealkylation sites (tertiary alicyclic amines) is 1. The van der Waals surface area contributed by atoms with Crippen LogP contribution in [0.3, 0.4) is 0 Å². The molecule has 2 amide bonds. The summed E-state index contributed by atoms with van der Waals surface area (Å²) in [6.07, 6.45) is 1.04. The summed E-state index contributed by atoms with van der Waals surface area (Å²) in [4.78, 5) is 36.5. The van der Waals surface area contributed by atoms with Crippen molar-refractivity contribution in [2.24, 2.45) is 5.92 Å². The van der Waals surface area contributed by atoms with E-state index in [1.165, 1.54) is 18.2 Å². The normalized spacial score (nSPS) is 14.3. The summed E-state index contributed by atoms with van der Waals surface area (Å²) in [5.74, 6) is 0.238. The number of rotatable bonds is 5. The van der Waals surface area contributed by atoms with E-state index in [2.05, 4.69) is 5.32 Å². The minimum Gasteiger partial charge on any atom is -0.410 e. The molecule has 9 heteroatoms. The summed E-state index contributed by atoms with van der Waals surface area (Å²) in [5.41, 5.74) is -0.116. The van der Waals surface area contributed by atoms with Gasteiger partial charge in [-0.2, -0.15) is 0 Å². The summed E-state index contributed by atoms with van der Waals surface area (Å²) >= 11 is 6.00. The van der Waals surface area contributed by atoms with Crippen molar-refractivity contribution in [3.05, 3.63) is 69.2 Å². The molecule has 0 aromatic heterocycles. The molecule has 3 rings (SSSR count). The van der Waals surface area contributed by atoms with Crippen molar-refractivity contribution in [1.29, 1.82) is 0 Å². The zero-order valence-electron chi connectivity index (χ0n) is 15.5. The molecule has 0 atom stereocenters. The zero-order chi connectivity index (χ0) is 20.8. The van der Waals surface area contributed by atoms with Gasteiger partial charge in [0.25, 0.3) is 11.6 Å². The summed E-state index contributed by atoms with van der Waals surface area (Å²) in [6, 6.07) is 12.6. The number of piperidine rings is 1. The predicted octanol–water partition coefficient (Wildman–Crippen LogP) is 3.89. The van der Waals surface area contributed by atoms with Crippen molar-refractivity contribution in [3.8, 4) is 5.75 Å². The molecular weight excluding hydrogens is 398 g/mol. The molecule has 0 bridgehead atoms. The highest BCUT2D eigenvalue weighted by Gasteiger charge is 2.25. The third-order valence-electron chi connectivity index (χ3n) is 4.78. The Kier molecular flexibility index (Phi) is 6.66. The van der Waals surface area contributed by atoms with E-state index in [-0.39, 0.29) is 28.3 Å². The van der Waals surface area contributed by atoms with Crippen molar-refractivity contribution in [2.75, 3.05) is 19.6 Å². The van der Waals surface area contributed by atoms with Gasteiger partial charge in [0.1, 0.15) is 5.75 Å². The Labute approximate surface area is 172 Å². The second-order valence-electron chi connectivity index (χ2n) is 6.74. The molecule has 0 saturated carbocycles. The van der Waals surface area contributed by atoms with Gasteiger partial charge in [-0.15, -0.1) is 0 Å². The van der Waals surface area contributed by atoms with Crippen LogP contribution >= 0.6 is 11.6 Å². The lowest BCUT2D eigenvalue weighted by molar-refractivity contribution is -0.384. The van der Waals surface area contributed by atoms with Crippen LogP contribution in [0.1, 0.15) is 23.2 Å². The van der Waals surface area contributed by atoms with E-state index in [1.807, 2.05) is 6.07 Å². The van der Waals surface area contributed by atoms with Gasteiger partial charge in [0.2, 0.25) is 0 Å². The molecule has 1 aliphatic rings. The van der Waals surface area contributed by atoms with Gasteiger partial charge < -0.3 is 15.0 Å². The van der Waals surface area contributed by atoms with E-state index in [1.54, 1.807) is 29.2 Å². The fraction of sp³-hybridized carbons (Fsp3) is 0.300. The first-order chi connectivity index (χ1) is 13.9. The Morgan fingerprint density at radius 1 is 1.17 bits per heavy atom. The van der Waals surface area contributed by atoms with Crippen LogP contribution in [0, 0.1) is 16.0 Å². The number of para-hydroxylation sites is 1. The molecule has 1 aliphatic heterocycles. The van der Waals surface area contributed by atoms with Crippen LogP contribution in [0.2, 0.25) is 5.02 Å². The molecule has 0 spiro atoms. The predicted molar refractivity (Wildman–Crippen MR) is 107 cm³/mol. The van der Waals surface area contributed by atoms with E-state index in [9.17, 15) is 19.7 Å². The second-order valence-corrected chi connectivity index (χ2v) is 7.15. The summed E-state index contributed by atoms with van der Waals surface area (Å²) in [5, 5.41) is 13.8. The molecule has 1 N–H and O–H groups in total. The first-order valence-corrected chi connectivity index (χ1v) is 9.56. The number of carbonyl (C=O) groups excluding carboxylic acids is 2.